The number of rotatable bonds is 4. The Kier molecular flexibility index (Phi) is 4.45. The molecule has 0 atom stereocenters. The van der Waals surface area contributed by atoms with E-state index in [9.17, 15) is 14.0 Å². The minimum atomic E-state index is -1.43. The summed E-state index contributed by atoms with van der Waals surface area (Å²) in [4.78, 5) is 25.7. The molecule has 0 aliphatic carbocycles. The van der Waals surface area contributed by atoms with Gasteiger partial charge in [-0.25, -0.2) is 19.0 Å². The second kappa shape index (κ2) is 6.47. The van der Waals surface area contributed by atoms with E-state index in [0.717, 1.165) is 17.8 Å². The second-order valence-electron chi connectivity index (χ2n) is 4.04. The van der Waals surface area contributed by atoms with Crippen molar-refractivity contribution >= 4 is 17.9 Å². The van der Waals surface area contributed by atoms with Gasteiger partial charge < -0.3 is 9.84 Å². The number of ether oxygens (including phenoxy) is 1. The topological polar surface area (TPSA) is 88.5 Å². The Morgan fingerprint density at radius 1 is 1.29 bits per heavy atom. The van der Waals surface area contributed by atoms with Gasteiger partial charge in [0.1, 0.15) is 23.8 Å². The van der Waals surface area contributed by atoms with Crippen LogP contribution in [-0.2, 0) is 11.3 Å². The average molecular weight is 290 g/mol. The number of benzene rings is 1. The Labute approximate surface area is 119 Å². The fourth-order valence-electron chi connectivity index (χ4n) is 1.52. The Balaban J connectivity index is 1.94. The van der Waals surface area contributed by atoms with E-state index in [1.807, 2.05) is 6.07 Å². The van der Waals surface area contributed by atoms with Crippen molar-refractivity contribution in [2.45, 2.75) is 6.61 Å². The molecular weight excluding hydrogens is 279 g/mol. The molecule has 0 spiro atoms. The Morgan fingerprint density at radius 2 is 2.00 bits per heavy atom. The molecule has 6 nitrogen and oxygen atoms in total. The van der Waals surface area contributed by atoms with Crippen molar-refractivity contribution in [3.8, 4) is 0 Å². The van der Waals surface area contributed by atoms with Gasteiger partial charge in [-0.1, -0.05) is 30.3 Å². The maximum atomic E-state index is 13.4. The minimum Gasteiger partial charge on any atom is -0.478 e. The van der Waals surface area contributed by atoms with Crippen LogP contribution >= 0.6 is 0 Å². The van der Waals surface area contributed by atoms with Crippen LogP contribution in [0.4, 0.5) is 15.0 Å². The number of nitrogens with zero attached hydrogens (tertiary/aromatic N) is 1. The molecule has 2 aromatic rings. The van der Waals surface area contributed by atoms with Crippen LogP contribution in [0.2, 0.25) is 0 Å². The predicted octanol–water partition coefficient (Wildman–Crippen LogP) is 2.67. The Morgan fingerprint density at radius 3 is 2.62 bits per heavy atom. The van der Waals surface area contributed by atoms with Crippen molar-refractivity contribution in [1.82, 2.24) is 4.98 Å². The summed E-state index contributed by atoms with van der Waals surface area (Å²) >= 11 is 0. The zero-order valence-electron chi connectivity index (χ0n) is 10.7. The first-order chi connectivity index (χ1) is 10.1. The van der Waals surface area contributed by atoms with Crippen molar-refractivity contribution in [3.05, 3.63) is 59.5 Å². The second-order valence-corrected chi connectivity index (χ2v) is 4.04. The standard InChI is InChI=1S/C14H11FN2O4/c15-11-6-12(16-7-10(11)13(18)19)17-14(20)21-8-9-4-2-1-3-5-9/h1-7H,8H2,(H,18,19)(H,16,17,20). The molecule has 0 aliphatic rings. The highest BCUT2D eigenvalue weighted by molar-refractivity contribution is 5.88. The lowest BCUT2D eigenvalue weighted by molar-refractivity contribution is 0.0691. The molecule has 2 rings (SSSR count). The molecule has 0 aliphatic heterocycles. The van der Waals surface area contributed by atoms with E-state index in [1.54, 1.807) is 24.3 Å². The van der Waals surface area contributed by atoms with Gasteiger partial charge in [-0.2, -0.15) is 0 Å². The molecule has 1 aromatic carbocycles. The van der Waals surface area contributed by atoms with E-state index >= 15 is 0 Å². The van der Waals surface area contributed by atoms with Crippen LogP contribution in [-0.4, -0.2) is 22.2 Å². The van der Waals surface area contributed by atoms with Gasteiger partial charge in [0.05, 0.1) is 0 Å². The number of aromatic nitrogens is 1. The van der Waals surface area contributed by atoms with Crippen molar-refractivity contribution in [3.63, 3.8) is 0 Å². The molecular formula is C14H11FN2O4. The zero-order chi connectivity index (χ0) is 15.2. The molecule has 0 saturated heterocycles. The van der Waals surface area contributed by atoms with Gasteiger partial charge in [-0.15, -0.1) is 0 Å². The third-order valence-corrected chi connectivity index (χ3v) is 2.53. The quantitative estimate of drug-likeness (QED) is 0.903. The molecule has 1 aromatic heterocycles. The first-order valence-corrected chi connectivity index (χ1v) is 5.93. The summed E-state index contributed by atoms with van der Waals surface area (Å²) in [6.07, 6.45) is 0.0126. The number of hydrogen-bond donors (Lipinski definition) is 2. The van der Waals surface area contributed by atoms with E-state index in [-0.39, 0.29) is 12.4 Å². The van der Waals surface area contributed by atoms with Gasteiger partial charge in [-0.05, 0) is 5.56 Å². The van der Waals surface area contributed by atoms with Crippen molar-refractivity contribution < 1.29 is 23.8 Å². The van der Waals surface area contributed by atoms with Crippen LogP contribution in [0.1, 0.15) is 15.9 Å². The first-order valence-electron chi connectivity index (χ1n) is 5.93. The first kappa shape index (κ1) is 14.4. The minimum absolute atomic E-state index is 0.0579. The molecule has 2 N–H and O–H groups in total. The van der Waals surface area contributed by atoms with Crippen LogP contribution < -0.4 is 5.32 Å². The summed E-state index contributed by atoms with van der Waals surface area (Å²) in [5.41, 5.74) is 0.228. The number of carboxylic acid groups (broad SMARTS) is 1. The molecule has 0 bridgehead atoms. The summed E-state index contributed by atoms with van der Waals surface area (Å²) < 4.78 is 18.3. The number of hydrogen-bond acceptors (Lipinski definition) is 4. The summed E-state index contributed by atoms with van der Waals surface area (Å²) in [6.45, 7) is 0.0579. The highest BCUT2D eigenvalue weighted by Crippen LogP contribution is 2.11. The van der Waals surface area contributed by atoms with Gasteiger partial charge >= 0.3 is 12.1 Å². The van der Waals surface area contributed by atoms with E-state index in [2.05, 4.69) is 10.3 Å². The number of halogens is 1. The molecule has 0 radical (unpaired) electrons. The lowest BCUT2D eigenvalue weighted by Crippen LogP contribution is -2.15. The van der Waals surface area contributed by atoms with Crippen LogP contribution in [0.15, 0.2) is 42.6 Å². The van der Waals surface area contributed by atoms with Gasteiger partial charge in [0.15, 0.2) is 0 Å². The molecule has 0 fully saturated rings. The molecule has 108 valence electrons. The average Bonchev–Trinajstić information content (AvgIpc) is 2.46. The number of carbonyl (C=O) groups excluding carboxylic acids is 1. The van der Waals surface area contributed by atoms with Crippen molar-refractivity contribution in [1.29, 1.82) is 0 Å². The van der Waals surface area contributed by atoms with E-state index in [0.29, 0.717) is 0 Å². The Bertz CT molecular complexity index is 661. The number of carboxylic acids is 1. The lowest BCUT2D eigenvalue weighted by atomic mass is 10.2. The van der Waals surface area contributed by atoms with Gasteiger partial charge in [-0.3, -0.25) is 5.32 Å². The van der Waals surface area contributed by atoms with Crippen LogP contribution in [0.5, 0.6) is 0 Å². The smallest absolute Gasteiger partial charge is 0.413 e. The number of aromatic carboxylic acids is 1. The number of amides is 1. The highest BCUT2D eigenvalue weighted by atomic mass is 19.1. The van der Waals surface area contributed by atoms with Crippen molar-refractivity contribution in [2.75, 3.05) is 5.32 Å². The third kappa shape index (κ3) is 4.00. The highest BCUT2D eigenvalue weighted by Gasteiger charge is 2.13. The fourth-order valence-corrected chi connectivity index (χ4v) is 1.52. The summed E-state index contributed by atoms with van der Waals surface area (Å²) in [5.74, 6) is -2.55. The molecule has 1 heterocycles. The SMILES string of the molecule is O=C(Nc1cc(F)c(C(=O)O)cn1)OCc1ccccc1. The molecule has 1 amide bonds. The predicted molar refractivity (Wildman–Crippen MR) is 71.4 cm³/mol. The maximum absolute atomic E-state index is 13.4. The summed E-state index contributed by atoms with van der Waals surface area (Å²) in [5, 5.41) is 10.9. The van der Waals surface area contributed by atoms with Crippen LogP contribution in [0, 0.1) is 5.82 Å². The summed E-state index contributed by atoms with van der Waals surface area (Å²) in [6, 6.07) is 9.82. The number of nitrogens with one attached hydrogen (secondary N) is 1. The van der Waals surface area contributed by atoms with E-state index in [1.165, 1.54) is 0 Å². The van der Waals surface area contributed by atoms with Gasteiger partial charge in [0, 0.05) is 12.3 Å². The fraction of sp³-hybridized carbons (Fsp3) is 0.0714. The van der Waals surface area contributed by atoms with Crippen molar-refractivity contribution in [2.24, 2.45) is 0 Å². The number of anilines is 1. The van der Waals surface area contributed by atoms with Gasteiger partial charge in [0.25, 0.3) is 0 Å². The monoisotopic (exact) mass is 290 g/mol. The Hall–Kier alpha value is -2.96. The third-order valence-electron chi connectivity index (χ3n) is 2.53. The lowest BCUT2D eigenvalue weighted by Gasteiger charge is -2.07. The molecule has 7 heteroatoms. The molecule has 0 unspecified atom stereocenters. The van der Waals surface area contributed by atoms with E-state index < -0.39 is 23.4 Å². The molecule has 21 heavy (non-hydrogen) atoms. The van der Waals surface area contributed by atoms with Crippen LogP contribution in [0.3, 0.4) is 0 Å². The largest absolute Gasteiger partial charge is 0.478 e. The maximum Gasteiger partial charge on any atom is 0.413 e. The number of pyridine rings is 1. The normalized spacial score (nSPS) is 9.95. The zero-order valence-corrected chi connectivity index (χ0v) is 10.7. The van der Waals surface area contributed by atoms with E-state index in [4.69, 9.17) is 9.84 Å². The number of carbonyl (C=O) groups is 2. The van der Waals surface area contributed by atoms with Gasteiger partial charge in [0.2, 0.25) is 0 Å². The molecule has 0 saturated carbocycles. The van der Waals surface area contributed by atoms with Crippen LogP contribution in [0.25, 0.3) is 0 Å². The summed E-state index contributed by atoms with van der Waals surface area (Å²) in [7, 11) is 0.